The zero-order valence-electron chi connectivity index (χ0n) is 12.1. The van der Waals surface area contributed by atoms with Gasteiger partial charge < -0.3 is 15.1 Å². The first kappa shape index (κ1) is 12.8. The molecule has 3 rings (SSSR count). The molecule has 0 saturated carbocycles. The van der Waals surface area contributed by atoms with Gasteiger partial charge in [-0.2, -0.15) is 0 Å². The Hall–Kier alpha value is -2.23. The van der Waals surface area contributed by atoms with Crippen LogP contribution >= 0.6 is 0 Å². The van der Waals surface area contributed by atoms with Crippen molar-refractivity contribution in [2.45, 2.75) is 33.2 Å². The van der Waals surface area contributed by atoms with Crippen LogP contribution in [-0.4, -0.2) is 11.4 Å². The van der Waals surface area contributed by atoms with Crippen molar-refractivity contribution >= 4 is 33.8 Å². The highest BCUT2D eigenvalue weighted by atomic mass is 16.3. The third-order valence-electron chi connectivity index (χ3n) is 3.47. The Morgan fingerprint density at radius 1 is 1.40 bits per heavy atom. The minimum Gasteiger partial charge on any atom is -0.462 e. The summed E-state index contributed by atoms with van der Waals surface area (Å²) in [5.74, 6) is -0.0762. The van der Waals surface area contributed by atoms with Gasteiger partial charge in [0.25, 0.3) is 0 Å². The summed E-state index contributed by atoms with van der Waals surface area (Å²) in [7, 11) is 0. The van der Waals surface area contributed by atoms with E-state index in [1.807, 2.05) is 12.1 Å². The second-order valence-corrected chi connectivity index (χ2v) is 5.87. The summed E-state index contributed by atoms with van der Waals surface area (Å²) in [5, 5.41) is 7.38. The standard InChI is InChI=1S/C16H18N2O2/c1-9-8-16(3,4)18-14-13(9)12(17-10(2)19)7-11-5-6-20-15(11)14/h5-8,18H,1-4H3,(H,17,19). The van der Waals surface area contributed by atoms with Gasteiger partial charge in [0.05, 0.1) is 23.2 Å². The van der Waals surface area contributed by atoms with E-state index in [-0.39, 0.29) is 11.4 Å². The number of fused-ring (bicyclic) bond motifs is 3. The van der Waals surface area contributed by atoms with Crippen LogP contribution in [0.1, 0.15) is 33.3 Å². The summed E-state index contributed by atoms with van der Waals surface area (Å²) in [5.41, 5.74) is 4.58. The molecule has 0 spiro atoms. The quantitative estimate of drug-likeness (QED) is 0.823. The maximum atomic E-state index is 11.4. The molecule has 2 heterocycles. The monoisotopic (exact) mass is 270 g/mol. The van der Waals surface area contributed by atoms with Crippen molar-refractivity contribution in [1.29, 1.82) is 0 Å². The van der Waals surface area contributed by atoms with E-state index in [1.54, 1.807) is 6.26 Å². The van der Waals surface area contributed by atoms with E-state index < -0.39 is 0 Å². The van der Waals surface area contributed by atoms with Crippen molar-refractivity contribution in [3.63, 3.8) is 0 Å². The number of carbonyl (C=O) groups is 1. The molecule has 104 valence electrons. The number of hydrogen-bond donors (Lipinski definition) is 2. The van der Waals surface area contributed by atoms with Gasteiger partial charge in [-0.05, 0) is 38.5 Å². The SMILES string of the molecule is CC(=O)Nc1cc2ccoc2c2c1C(C)=CC(C)(C)N2. The minimum atomic E-state index is -0.147. The molecule has 20 heavy (non-hydrogen) atoms. The number of allylic oxidation sites excluding steroid dienone is 1. The molecule has 1 aliphatic rings. The highest BCUT2D eigenvalue weighted by Crippen LogP contribution is 2.43. The maximum absolute atomic E-state index is 11.4. The lowest BCUT2D eigenvalue weighted by Gasteiger charge is -2.32. The second-order valence-electron chi connectivity index (χ2n) is 5.87. The van der Waals surface area contributed by atoms with E-state index in [2.05, 4.69) is 37.5 Å². The molecular formula is C16H18N2O2. The molecule has 1 aliphatic heterocycles. The number of hydrogen-bond acceptors (Lipinski definition) is 3. The van der Waals surface area contributed by atoms with Crippen LogP contribution in [0.3, 0.4) is 0 Å². The molecule has 0 aliphatic carbocycles. The van der Waals surface area contributed by atoms with Gasteiger partial charge in [0, 0.05) is 17.9 Å². The predicted molar refractivity (Wildman–Crippen MR) is 81.9 cm³/mol. The van der Waals surface area contributed by atoms with Gasteiger partial charge in [0.15, 0.2) is 5.58 Å². The largest absolute Gasteiger partial charge is 0.462 e. The third-order valence-corrected chi connectivity index (χ3v) is 3.47. The fourth-order valence-corrected chi connectivity index (χ4v) is 2.90. The van der Waals surface area contributed by atoms with E-state index in [4.69, 9.17) is 4.42 Å². The lowest BCUT2D eigenvalue weighted by atomic mass is 9.89. The number of benzene rings is 1. The second kappa shape index (κ2) is 4.13. The molecule has 0 atom stereocenters. The van der Waals surface area contributed by atoms with E-state index >= 15 is 0 Å². The highest BCUT2D eigenvalue weighted by molar-refractivity contribution is 6.06. The van der Waals surface area contributed by atoms with E-state index in [9.17, 15) is 4.79 Å². The number of nitrogens with one attached hydrogen (secondary N) is 2. The predicted octanol–water partition coefficient (Wildman–Crippen LogP) is 4.00. The summed E-state index contributed by atoms with van der Waals surface area (Å²) in [6.07, 6.45) is 3.83. The zero-order chi connectivity index (χ0) is 14.5. The molecule has 4 nitrogen and oxygen atoms in total. The van der Waals surface area contributed by atoms with Crippen molar-refractivity contribution in [2.24, 2.45) is 0 Å². The molecule has 1 amide bonds. The Balaban J connectivity index is 2.32. The van der Waals surface area contributed by atoms with Crippen LogP contribution in [0.25, 0.3) is 16.5 Å². The van der Waals surface area contributed by atoms with Crippen LogP contribution in [0.15, 0.2) is 28.9 Å². The molecule has 0 bridgehead atoms. The molecular weight excluding hydrogens is 252 g/mol. The van der Waals surface area contributed by atoms with Gasteiger partial charge in [-0.25, -0.2) is 0 Å². The molecule has 0 unspecified atom stereocenters. The lowest BCUT2D eigenvalue weighted by Crippen LogP contribution is -2.32. The summed E-state index contributed by atoms with van der Waals surface area (Å²) < 4.78 is 5.62. The number of rotatable bonds is 1. The molecule has 2 N–H and O–H groups in total. The number of amides is 1. The average Bonchev–Trinajstić information content (AvgIpc) is 2.73. The Bertz CT molecular complexity index is 738. The first-order valence-corrected chi connectivity index (χ1v) is 6.67. The number of furan rings is 1. The molecule has 4 heteroatoms. The van der Waals surface area contributed by atoms with E-state index in [0.29, 0.717) is 0 Å². The molecule has 0 saturated heterocycles. The van der Waals surface area contributed by atoms with Gasteiger partial charge >= 0.3 is 0 Å². The van der Waals surface area contributed by atoms with Crippen LogP contribution in [0.5, 0.6) is 0 Å². The summed E-state index contributed by atoms with van der Waals surface area (Å²) >= 11 is 0. The normalized spacial score (nSPS) is 16.3. The Labute approximate surface area is 117 Å². The maximum Gasteiger partial charge on any atom is 0.221 e. The lowest BCUT2D eigenvalue weighted by molar-refractivity contribution is -0.114. The van der Waals surface area contributed by atoms with Gasteiger partial charge in [-0.1, -0.05) is 6.08 Å². The van der Waals surface area contributed by atoms with Gasteiger partial charge in [-0.15, -0.1) is 0 Å². The molecule has 1 aromatic heterocycles. The van der Waals surface area contributed by atoms with Crippen LogP contribution in [0, 0.1) is 0 Å². The summed E-state index contributed by atoms with van der Waals surface area (Å²) in [6.45, 7) is 7.80. The van der Waals surface area contributed by atoms with E-state index in [1.165, 1.54) is 6.92 Å². The minimum absolute atomic E-state index is 0.0762. The third kappa shape index (κ3) is 1.97. The Morgan fingerprint density at radius 3 is 2.85 bits per heavy atom. The molecule has 2 aromatic rings. The number of anilines is 2. The summed E-state index contributed by atoms with van der Waals surface area (Å²) in [4.78, 5) is 11.4. The van der Waals surface area contributed by atoms with Crippen LogP contribution in [-0.2, 0) is 4.79 Å². The van der Waals surface area contributed by atoms with Crippen LogP contribution in [0.2, 0.25) is 0 Å². The van der Waals surface area contributed by atoms with Crippen molar-refractivity contribution in [2.75, 3.05) is 10.6 Å². The smallest absolute Gasteiger partial charge is 0.221 e. The van der Waals surface area contributed by atoms with Crippen molar-refractivity contribution < 1.29 is 9.21 Å². The van der Waals surface area contributed by atoms with Gasteiger partial charge in [-0.3, -0.25) is 4.79 Å². The van der Waals surface area contributed by atoms with Gasteiger partial charge in [0.2, 0.25) is 5.91 Å². The van der Waals surface area contributed by atoms with Crippen molar-refractivity contribution in [3.05, 3.63) is 30.0 Å². The van der Waals surface area contributed by atoms with E-state index in [0.717, 1.165) is 33.5 Å². The zero-order valence-corrected chi connectivity index (χ0v) is 12.1. The first-order chi connectivity index (χ1) is 9.37. The Kier molecular flexibility index (Phi) is 2.64. The van der Waals surface area contributed by atoms with Crippen LogP contribution in [0.4, 0.5) is 11.4 Å². The van der Waals surface area contributed by atoms with Gasteiger partial charge in [0.1, 0.15) is 0 Å². The van der Waals surface area contributed by atoms with Crippen LogP contribution < -0.4 is 10.6 Å². The first-order valence-electron chi connectivity index (χ1n) is 6.67. The average molecular weight is 270 g/mol. The topological polar surface area (TPSA) is 54.3 Å². The molecule has 0 radical (unpaired) electrons. The number of carbonyl (C=O) groups excluding carboxylic acids is 1. The Morgan fingerprint density at radius 2 is 2.15 bits per heavy atom. The fourth-order valence-electron chi connectivity index (χ4n) is 2.90. The van der Waals surface area contributed by atoms with Crippen molar-refractivity contribution in [3.8, 4) is 0 Å². The fraction of sp³-hybridized carbons (Fsp3) is 0.312. The molecule has 0 fully saturated rings. The summed E-state index contributed by atoms with van der Waals surface area (Å²) in [6, 6.07) is 3.86. The van der Waals surface area contributed by atoms with Crippen molar-refractivity contribution in [1.82, 2.24) is 0 Å². The molecule has 1 aromatic carbocycles. The highest BCUT2D eigenvalue weighted by Gasteiger charge is 2.27.